The Morgan fingerprint density at radius 2 is 1.28 bits per heavy atom. The number of benzene rings is 5. The number of aryl methyl sites for hydroxylation is 2. The molecule has 338 valence electrons. The number of amides is 2. The average Bonchev–Trinajstić information content (AvgIpc) is 3.18. The highest BCUT2D eigenvalue weighted by Gasteiger charge is 2.23. The van der Waals surface area contributed by atoms with E-state index in [-0.39, 0.29) is 68.6 Å². The van der Waals surface area contributed by atoms with Gasteiger partial charge in [0, 0.05) is 17.6 Å². The molecule has 0 aliphatic heterocycles. The summed E-state index contributed by atoms with van der Waals surface area (Å²) in [6.45, 7) is 3.12. The molecule has 0 aliphatic rings. The molecule has 1 heterocycles. The van der Waals surface area contributed by atoms with Gasteiger partial charge in [0.1, 0.15) is 31.7 Å². The minimum absolute atomic E-state index is 0.00476. The van der Waals surface area contributed by atoms with E-state index in [0.717, 1.165) is 29.8 Å². The number of nitrogens with zero attached hydrogens (tertiary/aromatic N) is 7. The van der Waals surface area contributed by atoms with Crippen molar-refractivity contribution in [2.45, 2.75) is 35.0 Å². The molecule has 6 rings (SSSR count). The van der Waals surface area contributed by atoms with Crippen LogP contribution in [0.2, 0.25) is 5.28 Å². The maximum absolute atomic E-state index is 12.4. The van der Waals surface area contributed by atoms with E-state index in [1.54, 1.807) is 24.3 Å². The third kappa shape index (κ3) is 12.3. The summed E-state index contributed by atoms with van der Waals surface area (Å²) in [7, 11) is -14.7. The highest BCUT2D eigenvalue weighted by molar-refractivity contribution is 7.86. The van der Waals surface area contributed by atoms with Crippen molar-refractivity contribution in [1.82, 2.24) is 15.0 Å². The molecule has 0 aliphatic carbocycles. The van der Waals surface area contributed by atoms with Crippen LogP contribution in [0.15, 0.2) is 114 Å². The van der Waals surface area contributed by atoms with E-state index in [1.165, 1.54) is 37.3 Å². The van der Waals surface area contributed by atoms with Crippen LogP contribution in [-0.2, 0) is 35.1 Å². The van der Waals surface area contributed by atoms with Gasteiger partial charge in [0.05, 0.1) is 29.2 Å². The van der Waals surface area contributed by atoms with Crippen LogP contribution in [0.4, 0.5) is 62.2 Å². The maximum atomic E-state index is 12.4. The molecule has 0 spiro atoms. The van der Waals surface area contributed by atoms with E-state index < -0.39 is 69.1 Å². The monoisotopic (exact) mass is 968 g/mol. The summed E-state index contributed by atoms with van der Waals surface area (Å²) < 4.78 is 104. The number of nitrogens with one attached hydrogen (secondary N) is 4. The number of carboxylic acids is 1. The molecule has 6 aromatic rings. The highest BCUT2D eigenvalue weighted by Crippen LogP contribution is 2.39. The van der Waals surface area contributed by atoms with Crippen LogP contribution >= 0.6 is 11.6 Å². The first kappa shape index (κ1) is 47.2. The number of hydrogen-bond donors (Lipinski definition) is 9. The summed E-state index contributed by atoms with van der Waals surface area (Å²) in [5.41, 5.74) is 6.02. The van der Waals surface area contributed by atoms with Crippen LogP contribution in [0, 0.1) is 13.8 Å². The zero-order valence-electron chi connectivity index (χ0n) is 33.3. The Bertz CT molecular complexity index is 3300. The van der Waals surface area contributed by atoms with Crippen LogP contribution in [0.5, 0.6) is 0 Å². The molecular weight excluding hydrogens is 936 g/mol. The quantitative estimate of drug-likeness (QED) is 0.0331. The topological polar surface area (TPSA) is 380 Å². The number of carbonyl (C=O) groups excluding carboxylic acids is 1. The minimum atomic E-state index is -4.99. The average molecular weight is 969 g/mol. The summed E-state index contributed by atoms with van der Waals surface area (Å²) in [5.74, 6) is -1.66. The molecular formula is C37H33ClN12O12S3. The van der Waals surface area contributed by atoms with Crippen molar-refractivity contribution < 1.29 is 53.6 Å². The molecule has 0 saturated heterocycles. The number of halogens is 1. The van der Waals surface area contributed by atoms with Crippen LogP contribution < -0.4 is 27.0 Å². The standard InChI is InChI=1S/C37H33ClN12O12S3/c1-18-3-5-21(6-4-18)47-49-27-17-32(65(60,61)62)28(40-10-9-33(51)52)16-26(27)43-37-45-34(38)44-36(46-37)41-22-7-8-24(25(14-22)42-35(39)53)48-50-29-15-23-20(13-31(29)64(57,58)59)11-19(2)12-30(23)63(54,55)56/h3-8,11-17,40H,9-10H2,1-2H3,(H,51,52)(H3,39,42,53)(H,54,55,56)(H,57,58,59)(H,60,61,62)(H2,41,43,44,45,46). The molecule has 1 aromatic heterocycles. The first-order valence-corrected chi connectivity index (χ1v) is 22.8. The van der Waals surface area contributed by atoms with Gasteiger partial charge < -0.3 is 32.1 Å². The molecule has 65 heavy (non-hydrogen) atoms. The lowest BCUT2D eigenvalue weighted by Gasteiger charge is -2.15. The van der Waals surface area contributed by atoms with E-state index in [0.29, 0.717) is 11.3 Å². The molecule has 0 saturated carbocycles. The predicted octanol–water partition coefficient (Wildman–Crippen LogP) is 7.73. The summed E-state index contributed by atoms with van der Waals surface area (Å²) in [4.78, 5) is 33.7. The third-order valence-electron chi connectivity index (χ3n) is 8.66. The number of hydrogen-bond acceptors (Lipinski definition) is 18. The number of anilines is 6. The van der Waals surface area contributed by atoms with Gasteiger partial charge in [0.15, 0.2) is 0 Å². The maximum Gasteiger partial charge on any atom is 0.316 e. The molecule has 0 bridgehead atoms. The number of aromatic nitrogens is 3. The highest BCUT2D eigenvalue weighted by atomic mass is 35.5. The van der Waals surface area contributed by atoms with Gasteiger partial charge in [-0.15, -0.1) is 15.3 Å². The van der Waals surface area contributed by atoms with Crippen LogP contribution in [0.1, 0.15) is 17.5 Å². The van der Waals surface area contributed by atoms with E-state index in [1.807, 2.05) is 6.92 Å². The number of primary amides is 1. The molecule has 0 unspecified atom stereocenters. The molecule has 10 N–H and O–H groups in total. The van der Waals surface area contributed by atoms with Crippen molar-refractivity contribution in [2.24, 2.45) is 26.2 Å². The fraction of sp³-hybridized carbons (Fsp3) is 0.108. The van der Waals surface area contributed by atoms with E-state index in [2.05, 4.69) is 56.7 Å². The second-order valence-electron chi connectivity index (χ2n) is 13.6. The smallest absolute Gasteiger partial charge is 0.316 e. The number of urea groups is 1. The van der Waals surface area contributed by atoms with Crippen molar-refractivity contribution in [3.8, 4) is 0 Å². The van der Waals surface area contributed by atoms with Gasteiger partial charge in [-0.2, -0.15) is 45.3 Å². The summed E-state index contributed by atoms with van der Waals surface area (Å²) in [5, 5.41) is 35.6. The first-order valence-electron chi connectivity index (χ1n) is 18.1. The Kier molecular flexibility index (Phi) is 13.7. The number of rotatable bonds is 16. The Balaban J connectivity index is 1.36. The number of fused-ring (bicyclic) bond motifs is 1. The first-order chi connectivity index (χ1) is 30.4. The van der Waals surface area contributed by atoms with Gasteiger partial charge in [-0.3, -0.25) is 18.5 Å². The Labute approximate surface area is 373 Å². The molecule has 5 aromatic carbocycles. The molecule has 2 amide bonds. The number of carboxylic acid groups (broad SMARTS) is 1. The van der Waals surface area contributed by atoms with Gasteiger partial charge in [0.2, 0.25) is 17.2 Å². The normalized spacial score (nSPS) is 12.2. The largest absolute Gasteiger partial charge is 0.481 e. The minimum Gasteiger partial charge on any atom is -0.481 e. The van der Waals surface area contributed by atoms with Crippen molar-refractivity contribution in [1.29, 1.82) is 0 Å². The zero-order valence-corrected chi connectivity index (χ0v) is 36.5. The third-order valence-corrected chi connectivity index (χ3v) is 11.5. The molecule has 0 atom stereocenters. The van der Waals surface area contributed by atoms with Crippen LogP contribution in [0.3, 0.4) is 0 Å². The number of azo groups is 2. The van der Waals surface area contributed by atoms with Gasteiger partial charge in [-0.1, -0.05) is 23.8 Å². The number of nitrogens with two attached hydrogens (primary N) is 1. The lowest BCUT2D eigenvalue weighted by atomic mass is 10.1. The fourth-order valence-electron chi connectivity index (χ4n) is 5.87. The van der Waals surface area contributed by atoms with E-state index in [9.17, 15) is 48.5 Å². The van der Waals surface area contributed by atoms with E-state index >= 15 is 0 Å². The van der Waals surface area contributed by atoms with Crippen molar-refractivity contribution in [3.05, 3.63) is 95.3 Å². The SMILES string of the molecule is Cc1ccc(N=Nc2cc(S(=O)(=O)O)c(NCCC(=O)O)cc2Nc2nc(Cl)nc(Nc3ccc(N=Nc4cc5c(S(=O)(=O)O)cc(C)cc5cc4S(=O)(=O)O)c(NC(N)=O)c3)n2)cc1. The van der Waals surface area contributed by atoms with Gasteiger partial charge in [0.25, 0.3) is 30.4 Å². The van der Waals surface area contributed by atoms with Gasteiger partial charge in [-0.25, -0.2) is 4.79 Å². The molecule has 28 heteroatoms. The van der Waals surface area contributed by atoms with Gasteiger partial charge in [-0.05, 0) is 97.1 Å². The molecule has 0 radical (unpaired) electrons. The van der Waals surface area contributed by atoms with Crippen molar-refractivity contribution in [3.63, 3.8) is 0 Å². The predicted molar refractivity (Wildman–Crippen MR) is 236 cm³/mol. The summed E-state index contributed by atoms with van der Waals surface area (Å²) in [6, 6.07) is 16.4. The Hall–Kier alpha value is -7.27. The second-order valence-corrected chi connectivity index (χ2v) is 18.1. The Morgan fingerprint density at radius 3 is 1.91 bits per heavy atom. The van der Waals surface area contributed by atoms with Gasteiger partial charge >= 0.3 is 12.0 Å². The lowest BCUT2D eigenvalue weighted by molar-refractivity contribution is -0.136. The fourth-order valence-corrected chi connectivity index (χ4v) is 8.13. The summed E-state index contributed by atoms with van der Waals surface area (Å²) in [6.07, 6.45) is -0.416. The zero-order chi connectivity index (χ0) is 47.4. The van der Waals surface area contributed by atoms with Crippen molar-refractivity contribution in [2.75, 3.05) is 27.8 Å². The van der Waals surface area contributed by atoms with Crippen LogP contribution in [0.25, 0.3) is 10.8 Å². The second kappa shape index (κ2) is 18.8. The molecule has 24 nitrogen and oxygen atoms in total. The number of carbonyl (C=O) groups is 2. The number of aliphatic carboxylic acids is 1. The van der Waals surface area contributed by atoms with Crippen molar-refractivity contribution >= 4 is 122 Å². The Morgan fingerprint density at radius 1 is 0.646 bits per heavy atom. The lowest BCUT2D eigenvalue weighted by Crippen LogP contribution is -2.19. The van der Waals surface area contributed by atoms with E-state index in [4.69, 9.17) is 22.4 Å². The molecule has 0 fully saturated rings. The summed E-state index contributed by atoms with van der Waals surface area (Å²) >= 11 is 6.27. The van der Waals surface area contributed by atoms with Crippen LogP contribution in [-0.4, -0.2) is 77.5 Å².